The fourth-order valence-corrected chi connectivity index (χ4v) is 1.82. The van der Waals surface area contributed by atoms with E-state index in [1.165, 1.54) is 5.57 Å². The van der Waals surface area contributed by atoms with Crippen molar-refractivity contribution < 1.29 is 0 Å². The molecule has 0 N–H and O–H groups in total. The minimum Gasteiger partial charge on any atom is -0.256 e. The van der Waals surface area contributed by atoms with Gasteiger partial charge in [0.05, 0.1) is 5.71 Å². The third kappa shape index (κ3) is 1.40. The molecule has 0 atom stereocenters. The summed E-state index contributed by atoms with van der Waals surface area (Å²) >= 11 is 6.99. The Hall–Kier alpha value is -0.150. The van der Waals surface area contributed by atoms with Crippen molar-refractivity contribution in [3.63, 3.8) is 0 Å². The van der Waals surface area contributed by atoms with Crippen LogP contribution in [0.5, 0.6) is 0 Å². The van der Waals surface area contributed by atoms with Gasteiger partial charge in [0.25, 0.3) is 0 Å². The van der Waals surface area contributed by atoms with Crippen LogP contribution in [0.1, 0.15) is 0 Å². The van der Waals surface area contributed by atoms with Crippen LogP contribution in [0.15, 0.2) is 41.1 Å². The maximum Gasteiger partial charge on any atom is 0.118 e. The number of rotatable bonds is 0. The van der Waals surface area contributed by atoms with Crippen LogP contribution in [-0.2, 0) is 0 Å². The molecule has 1 aliphatic carbocycles. The van der Waals surface area contributed by atoms with Crippen molar-refractivity contribution in [2.75, 3.05) is 0 Å². The van der Waals surface area contributed by atoms with E-state index in [0.717, 1.165) is 5.71 Å². The number of nitrogens with zero attached hydrogens (tertiary/aromatic N) is 1. The van der Waals surface area contributed by atoms with E-state index in [0.29, 0.717) is 0 Å². The molecule has 11 heavy (non-hydrogen) atoms. The van der Waals surface area contributed by atoms with Gasteiger partial charge in [-0.05, 0) is 18.2 Å². The molecule has 2 rings (SSSR count). The van der Waals surface area contributed by atoms with Gasteiger partial charge in [-0.25, -0.2) is 0 Å². The number of hydrogen-bond donors (Lipinski definition) is 0. The zero-order chi connectivity index (χ0) is 7.90. The number of hydrogen-bond acceptors (Lipinski definition) is 1. The van der Waals surface area contributed by atoms with Crippen LogP contribution < -0.4 is 0 Å². The van der Waals surface area contributed by atoms with Crippen molar-refractivity contribution in [3.05, 3.63) is 36.1 Å². The largest absolute Gasteiger partial charge is 0.256 e. The Bertz CT molecular complexity index is 308. The third-order valence-electron chi connectivity index (χ3n) is 1.57. The molecule has 0 saturated carbocycles. The summed E-state index contributed by atoms with van der Waals surface area (Å²) in [5, 5.41) is 0. The first-order chi connectivity index (χ1) is 5.17. The second-order valence-corrected chi connectivity index (χ2v) is 6.13. The van der Waals surface area contributed by atoms with Crippen LogP contribution in [0.2, 0.25) is 0 Å². The lowest BCUT2D eigenvalue weighted by atomic mass is 10.1. The van der Waals surface area contributed by atoms with Gasteiger partial charge < -0.3 is 0 Å². The number of aliphatic imine (C=N–C) groups is 1. The van der Waals surface area contributed by atoms with E-state index in [-0.39, 0.29) is 3.23 Å². The molecule has 56 valence electrons. The van der Waals surface area contributed by atoms with Crippen molar-refractivity contribution in [2.45, 2.75) is 3.23 Å². The summed E-state index contributed by atoms with van der Waals surface area (Å²) in [4.78, 5) is 4.16. The summed E-state index contributed by atoms with van der Waals surface area (Å²) in [6.45, 7) is 0. The fourth-order valence-electron chi connectivity index (χ4n) is 1.06. The minimum atomic E-state index is -0.178. The highest BCUT2D eigenvalue weighted by Crippen LogP contribution is 2.35. The van der Waals surface area contributed by atoms with Gasteiger partial charge in [-0.15, -0.1) is 0 Å². The summed E-state index contributed by atoms with van der Waals surface area (Å²) in [6.07, 6.45) is 9.90. The number of halogens is 2. The van der Waals surface area contributed by atoms with Crippen LogP contribution >= 0.6 is 31.9 Å². The van der Waals surface area contributed by atoms with E-state index in [4.69, 9.17) is 0 Å². The molecule has 1 aliphatic heterocycles. The zero-order valence-electron chi connectivity index (χ0n) is 5.59. The van der Waals surface area contributed by atoms with Crippen LogP contribution in [-0.4, -0.2) is 8.95 Å². The van der Waals surface area contributed by atoms with Crippen molar-refractivity contribution >= 4 is 37.6 Å². The van der Waals surface area contributed by atoms with Crippen molar-refractivity contribution in [3.8, 4) is 0 Å². The van der Waals surface area contributed by atoms with E-state index in [9.17, 15) is 0 Å². The highest BCUT2D eigenvalue weighted by Gasteiger charge is 2.22. The Kier molecular flexibility index (Phi) is 1.65. The lowest BCUT2D eigenvalue weighted by Crippen LogP contribution is -2.11. The van der Waals surface area contributed by atoms with Crippen LogP contribution in [0.4, 0.5) is 0 Å². The van der Waals surface area contributed by atoms with Gasteiger partial charge >= 0.3 is 0 Å². The van der Waals surface area contributed by atoms with Gasteiger partial charge in [0.2, 0.25) is 0 Å². The first kappa shape index (κ1) is 7.50. The third-order valence-corrected chi connectivity index (χ3v) is 2.56. The molecule has 1 heterocycles. The van der Waals surface area contributed by atoms with E-state index in [1.54, 1.807) is 0 Å². The number of fused-ring (bicyclic) bond motifs is 1. The highest BCUT2D eigenvalue weighted by molar-refractivity contribution is 9.25. The Morgan fingerprint density at radius 3 is 2.91 bits per heavy atom. The Morgan fingerprint density at radius 2 is 2.09 bits per heavy atom. The fraction of sp³-hybridized carbons (Fsp3) is 0.125. The van der Waals surface area contributed by atoms with E-state index < -0.39 is 0 Å². The summed E-state index contributed by atoms with van der Waals surface area (Å²) in [6, 6.07) is 0. The van der Waals surface area contributed by atoms with Gasteiger partial charge in [0.1, 0.15) is 3.23 Å². The molecule has 0 saturated heterocycles. The van der Waals surface area contributed by atoms with E-state index >= 15 is 0 Å². The van der Waals surface area contributed by atoms with Crippen molar-refractivity contribution in [2.24, 2.45) is 4.99 Å². The van der Waals surface area contributed by atoms with E-state index in [2.05, 4.69) is 42.9 Å². The zero-order valence-corrected chi connectivity index (χ0v) is 8.76. The molecule has 2 aliphatic rings. The normalized spacial score (nSPS) is 24.5. The van der Waals surface area contributed by atoms with Crippen LogP contribution in [0, 0.1) is 0 Å². The van der Waals surface area contributed by atoms with Gasteiger partial charge in [0, 0.05) is 11.8 Å². The molecule has 0 unspecified atom stereocenters. The SMILES string of the molecule is BrC1(Br)C=CC2=NC=CC2=C1. The number of allylic oxidation sites excluding steroid dienone is 5. The first-order valence-corrected chi connectivity index (χ1v) is 4.81. The second kappa shape index (κ2) is 2.42. The molecular formula is C8H5Br2N. The smallest absolute Gasteiger partial charge is 0.118 e. The van der Waals surface area contributed by atoms with Gasteiger partial charge in [-0.2, -0.15) is 0 Å². The van der Waals surface area contributed by atoms with Gasteiger partial charge in [-0.3, -0.25) is 4.99 Å². The molecule has 0 radical (unpaired) electrons. The van der Waals surface area contributed by atoms with Crippen LogP contribution in [0.3, 0.4) is 0 Å². The predicted octanol–water partition coefficient (Wildman–Crippen LogP) is 2.94. The maximum atomic E-state index is 4.16. The predicted molar refractivity (Wildman–Crippen MR) is 54.4 cm³/mol. The maximum absolute atomic E-state index is 4.16. The Balaban J connectivity index is 2.45. The van der Waals surface area contributed by atoms with Crippen molar-refractivity contribution in [1.82, 2.24) is 0 Å². The lowest BCUT2D eigenvalue weighted by molar-refractivity contribution is 1.34. The summed E-state index contributed by atoms with van der Waals surface area (Å²) in [5.41, 5.74) is 2.21. The molecule has 0 aromatic rings. The van der Waals surface area contributed by atoms with Crippen LogP contribution in [0.25, 0.3) is 0 Å². The summed E-state index contributed by atoms with van der Waals surface area (Å²) < 4.78 is -0.178. The molecule has 0 aromatic heterocycles. The molecule has 1 nitrogen and oxygen atoms in total. The number of alkyl halides is 2. The molecule has 0 aromatic carbocycles. The average Bonchev–Trinajstić information content (AvgIpc) is 2.31. The van der Waals surface area contributed by atoms with Gasteiger partial charge in [0.15, 0.2) is 0 Å². The molecule has 0 amide bonds. The monoisotopic (exact) mass is 273 g/mol. The molecule has 0 bridgehead atoms. The average molecular weight is 275 g/mol. The second-order valence-electron chi connectivity index (χ2n) is 2.44. The minimum absolute atomic E-state index is 0.178. The Labute approximate surface area is 81.8 Å². The molecule has 0 fully saturated rings. The quantitative estimate of drug-likeness (QED) is 0.603. The highest BCUT2D eigenvalue weighted by atomic mass is 79.9. The van der Waals surface area contributed by atoms with E-state index in [1.807, 2.05) is 24.4 Å². The summed E-state index contributed by atoms with van der Waals surface area (Å²) in [5.74, 6) is 0. The van der Waals surface area contributed by atoms with Gasteiger partial charge in [-0.1, -0.05) is 37.9 Å². The summed E-state index contributed by atoms with van der Waals surface area (Å²) in [7, 11) is 0. The molecule has 0 spiro atoms. The van der Waals surface area contributed by atoms with Crippen molar-refractivity contribution in [1.29, 1.82) is 0 Å². The standard InChI is InChI=1S/C8H5Br2N/c9-8(10)3-1-7-6(5-8)2-4-11-7/h1-5H. The Morgan fingerprint density at radius 1 is 1.27 bits per heavy atom. The molecule has 3 heteroatoms. The topological polar surface area (TPSA) is 12.4 Å². The lowest BCUT2D eigenvalue weighted by Gasteiger charge is -2.15. The molecular weight excluding hydrogens is 270 g/mol. The first-order valence-electron chi connectivity index (χ1n) is 3.22.